The number of aromatic nitrogens is 2. The van der Waals surface area contributed by atoms with E-state index in [1.807, 2.05) is 32.0 Å². The van der Waals surface area contributed by atoms with Gasteiger partial charge in [-0.2, -0.15) is 0 Å². The summed E-state index contributed by atoms with van der Waals surface area (Å²) in [6.07, 6.45) is 1.31. The highest BCUT2D eigenvalue weighted by atomic mass is 19.1. The normalized spacial score (nSPS) is 10.4. The molecule has 0 fully saturated rings. The summed E-state index contributed by atoms with van der Waals surface area (Å²) in [6.45, 7) is 4.21. The third-order valence-electron chi connectivity index (χ3n) is 3.80. The molecule has 0 bridgehead atoms. The topological polar surface area (TPSA) is 66.9 Å². The number of hydrogen-bond donors (Lipinski definition) is 2. The first kappa shape index (κ1) is 17.5. The van der Waals surface area contributed by atoms with Crippen LogP contribution in [-0.2, 0) is 6.54 Å². The lowest BCUT2D eigenvalue weighted by atomic mass is 10.1. The van der Waals surface area contributed by atoms with Crippen molar-refractivity contribution in [3.8, 4) is 0 Å². The lowest BCUT2D eigenvalue weighted by molar-refractivity contribution is 0.102. The molecule has 0 aliphatic rings. The summed E-state index contributed by atoms with van der Waals surface area (Å²) in [7, 11) is 0. The Labute approximate surface area is 151 Å². The van der Waals surface area contributed by atoms with E-state index in [4.69, 9.17) is 0 Å². The summed E-state index contributed by atoms with van der Waals surface area (Å²) in [5.74, 6) is -0.165. The lowest BCUT2D eigenvalue weighted by Gasteiger charge is -2.09. The minimum atomic E-state index is -0.327. The van der Waals surface area contributed by atoms with Gasteiger partial charge in [-0.25, -0.2) is 14.4 Å². The Hall–Kier alpha value is -3.28. The van der Waals surface area contributed by atoms with Crippen LogP contribution in [0.1, 0.15) is 27.2 Å². The standard InChI is InChI=1S/C20H19FN4O/c1-13-7-14(2)9-16(8-13)25-20(26)18-10-19(24-12-23-18)22-11-15-5-3-4-6-17(15)21/h3-10,12H,11H2,1-2H3,(H,25,26)(H,22,23,24). The molecule has 3 aromatic rings. The van der Waals surface area contributed by atoms with E-state index in [-0.39, 0.29) is 24.0 Å². The molecule has 26 heavy (non-hydrogen) atoms. The Morgan fingerprint density at radius 3 is 2.50 bits per heavy atom. The van der Waals surface area contributed by atoms with Gasteiger partial charge in [-0.15, -0.1) is 0 Å². The van der Waals surface area contributed by atoms with Gasteiger partial charge in [0.15, 0.2) is 0 Å². The molecule has 0 saturated heterocycles. The molecular weight excluding hydrogens is 331 g/mol. The number of aryl methyl sites for hydroxylation is 2. The van der Waals surface area contributed by atoms with E-state index in [1.165, 1.54) is 12.4 Å². The SMILES string of the molecule is Cc1cc(C)cc(NC(=O)c2cc(NCc3ccccc3F)ncn2)c1. The van der Waals surface area contributed by atoms with Crippen LogP contribution in [0.2, 0.25) is 0 Å². The van der Waals surface area contributed by atoms with Crippen LogP contribution in [0.15, 0.2) is 54.9 Å². The number of nitrogens with zero attached hydrogens (tertiary/aromatic N) is 2. The second kappa shape index (κ2) is 7.74. The fourth-order valence-electron chi connectivity index (χ4n) is 2.65. The lowest BCUT2D eigenvalue weighted by Crippen LogP contribution is -2.15. The third-order valence-corrected chi connectivity index (χ3v) is 3.80. The number of rotatable bonds is 5. The Morgan fingerprint density at radius 1 is 1.04 bits per heavy atom. The second-order valence-electron chi connectivity index (χ2n) is 6.06. The van der Waals surface area contributed by atoms with Crippen molar-refractivity contribution >= 4 is 17.4 Å². The Morgan fingerprint density at radius 2 is 1.77 bits per heavy atom. The molecule has 1 aromatic heterocycles. The van der Waals surface area contributed by atoms with E-state index in [2.05, 4.69) is 20.6 Å². The highest BCUT2D eigenvalue weighted by Gasteiger charge is 2.10. The molecule has 0 unspecified atom stereocenters. The maximum atomic E-state index is 13.7. The fraction of sp³-hybridized carbons (Fsp3) is 0.150. The van der Waals surface area contributed by atoms with Gasteiger partial charge < -0.3 is 10.6 Å². The number of carbonyl (C=O) groups is 1. The maximum absolute atomic E-state index is 13.7. The summed E-state index contributed by atoms with van der Waals surface area (Å²) in [4.78, 5) is 20.5. The Balaban J connectivity index is 1.70. The molecule has 132 valence electrons. The van der Waals surface area contributed by atoms with Crippen molar-refractivity contribution in [1.82, 2.24) is 9.97 Å². The molecule has 0 saturated carbocycles. The van der Waals surface area contributed by atoms with Gasteiger partial charge in [0, 0.05) is 23.9 Å². The first-order chi connectivity index (χ1) is 12.5. The monoisotopic (exact) mass is 350 g/mol. The molecule has 5 nitrogen and oxygen atoms in total. The predicted molar refractivity (Wildman–Crippen MR) is 99.6 cm³/mol. The van der Waals surface area contributed by atoms with Gasteiger partial charge in [-0.05, 0) is 43.2 Å². The molecule has 0 radical (unpaired) electrons. The zero-order chi connectivity index (χ0) is 18.5. The summed E-state index contributed by atoms with van der Waals surface area (Å²) < 4.78 is 13.7. The molecule has 2 aromatic carbocycles. The van der Waals surface area contributed by atoms with Gasteiger partial charge in [-0.1, -0.05) is 24.3 Å². The molecule has 0 aliphatic carbocycles. The highest BCUT2D eigenvalue weighted by molar-refractivity contribution is 6.03. The molecule has 6 heteroatoms. The Kier molecular flexibility index (Phi) is 5.22. The fourth-order valence-corrected chi connectivity index (χ4v) is 2.65. The average Bonchev–Trinajstić information content (AvgIpc) is 2.60. The van der Waals surface area contributed by atoms with E-state index in [1.54, 1.807) is 24.3 Å². The summed E-state index contributed by atoms with van der Waals surface area (Å²) >= 11 is 0. The van der Waals surface area contributed by atoms with Crippen LogP contribution >= 0.6 is 0 Å². The molecule has 1 amide bonds. The molecule has 0 spiro atoms. The number of halogens is 1. The van der Waals surface area contributed by atoms with Crippen LogP contribution in [0.25, 0.3) is 0 Å². The smallest absolute Gasteiger partial charge is 0.274 e. The molecular formula is C20H19FN4O. The minimum Gasteiger partial charge on any atom is -0.366 e. The number of nitrogens with one attached hydrogen (secondary N) is 2. The first-order valence-corrected chi connectivity index (χ1v) is 8.20. The zero-order valence-corrected chi connectivity index (χ0v) is 14.6. The second-order valence-corrected chi connectivity index (χ2v) is 6.06. The van der Waals surface area contributed by atoms with Crippen LogP contribution < -0.4 is 10.6 Å². The molecule has 0 aliphatic heterocycles. The Bertz CT molecular complexity index is 922. The number of carbonyl (C=O) groups excluding carboxylic acids is 1. The van der Waals surface area contributed by atoms with Crippen molar-refractivity contribution in [2.75, 3.05) is 10.6 Å². The van der Waals surface area contributed by atoms with Crippen molar-refractivity contribution in [1.29, 1.82) is 0 Å². The molecule has 2 N–H and O–H groups in total. The van der Waals surface area contributed by atoms with E-state index in [0.717, 1.165) is 11.1 Å². The number of anilines is 2. The molecule has 1 heterocycles. The van der Waals surface area contributed by atoms with Gasteiger partial charge in [0.25, 0.3) is 5.91 Å². The van der Waals surface area contributed by atoms with Gasteiger partial charge in [0.2, 0.25) is 0 Å². The minimum absolute atomic E-state index is 0.232. The van der Waals surface area contributed by atoms with Gasteiger partial charge >= 0.3 is 0 Å². The van der Waals surface area contributed by atoms with Crippen molar-refractivity contribution in [2.24, 2.45) is 0 Å². The van der Waals surface area contributed by atoms with E-state index < -0.39 is 0 Å². The predicted octanol–water partition coefficient (Wildman–Crippen LogP) is 4.10. The number of amides is 1. The zero-order valence-electron chi connectivity index (χ0n) is 14.6. The van der Waals surface area contributed by atoms with Crippen molar-refractivity contribution in [3.05, 3.63) is 83.1 Å². The van der Waals surface area contributed by atoms with Crippen molar-refractivity contribution in [3.63, 3.8) is 0 Å². The third kappa shape index (κ3) is 4.42. The van der Waals surface area contributed by atoms with E-state index in [0.29, 0.717) is 17.1 Å². The molecule has 3 rings (SSSR count). The van der Waals surface area contributed by atoms with Crippen LogP contribution in [0.4, 0.5) is 15.9 Å². The molecule has 0 atom stereocenters. The number of hydrogen-bond acceptors (Lipinski definition) is 4. The van der Waals surface area contributed by atoms with Gasteiger partial charge in [0.05, 0.1) is 0 Å². The summed E-state index contributed by atoms with van der Waals surface area (Å²) in [6, 6.07) is 13.9. The largest absolute Gasteiger partial charge is 0.366 e. The number of benzene rings is 2. The van der Waals surface area contributed by atoms with Gasteiger partial charge in [-0.3, -0.25) is 4.79 Å². The quantitative estimate of drug-likeness (QED) is 0.727. The van der Waals surface area contributed by atoms with Crippen LogP contribution in [-0.4, -0.2) is 15.9 Å². The van der Waals surface area contributed by atoms with E-state index >= 15 is 0 Å². The summed E-state index contributed by atoms with van der Waals surface area (Å²) in [5, 5.41) is 5.84. The average molecular weight is 350 g/mol. The highest BCUT2D eigenvalue weighted by Crippen LogP contribution is 2.15. The first-order valence-electron chi connectivity index (χ1n) is 8.20. The van der Waals surface area contributed by atoms with Crippen LogP contribution in [0, 0.1) is 19.7 Å². The van der Waals surface area contributed by atoms with Crippen LogP contribution in [0.3, 0.4) is 0 Å². The van der Waals surface area contributed by atoms with Crippen molar-refractivity contribution in [2.45, 2.75) is 20.4 Å². The van der Waals surface area contributed by atoms with Crippen LogP contribution in [0.5, 0.6) is 0 Å². The van der Waals surface area contributed by atoms with Crippen molar-refractivity contribution < 1.29 is 9.18 Å². The van der Waals surface area contributed by atoms with Gasteiger partial charge in [0.1, 0.15) is 23.7 Å². The van der Waals surface area contributed by atoms with E-state index in [9.17, 15) is 9.18 Å². The summed E-state index contributed by atoms with van der Waals surface area (Å²) in [5.41, 5.74) is 3.60. The maximum Gasteiger partial charge on any atom is 0.274 e.